The van der Waals surface area contributed by atoms with Gasteiger partial charge in [0.25, 0.3) is 5.91 Å². The van der Waals surface area contributed by atoms with Crippen molar-refractivity contribution in [3.05, 3.63) is 77.1 Å². The topological polar surface area (TPSA) is 75.6 Å². The fraction of sp³-hybridized carbons (Fsp3) is 0.261. The van der Waals surface area contributed by atoms with E-state index in [1.54, 1.807) is 16.8 Å². The van der Waals surface area contributed by atoms with Crippen molar-refractivity contribution in [3.63, 3.8) is 0 Å². The van der Waals surface area contributed by atoms with E-state index in [0.29, 0.717) is 11.5 Å². The summed E-state index contributed by atoms with van der Waals surface area (Å²) in [6.45, 7) is 1.90. The standard InChI is InChI=1S/C23H22FN5O/c1-14(22-26-18-7-3-4-8-19(18)27-22)25-23(30)21-17-6-2-5-9-20(17)29(28-21)16-12-10-15(24)11-13-16/h3-4,7-8,10-14H,2,5-6,9H2,1H3,(H,25,30)(H,26,27)/t14-/m0/s1. The molecule has 2 heterocycles. The largest absolute Gasteiger partial charge is 0.341 e. The lowest BCUT2D eigenvalue weighted by Gasteiger charge is -2.15. The summed E-state index contributed by atoms with van der Waals surface area (Å²) in [4.78, 5) is 21.0. The molecule has 2 aromatic carbocycles. The number of amides is 1. The van der Waals surface area contributed by atoms with Gasteiger partial charge in [0, 0.05) is 11.3 Å². The highest BCUT2D eigenvalue weighted by Crippen LogP contribution is 2.27. The van der Waals surface area contributed by atoms with Crippen LogP contribution in [0.4, 0.5) is 4.39 Å². The molecule has 6 nitrogen and oxygen atoms in total. The Bertz CT molecular complexity index is 1190. The lowest BCUT2D eigenvalue weighted by atomic mass is 9.95. The summed E-state index contributed by atoms with van der Waals surface area (Å²) in [5.41, 5.74) is 5.03. The number of carbonyl (C=O) groups excluding carboxylic acids is 1. The minimum absolute atomic E-state index is 0.220. The fourth-order valence-electron chi connectivity index (χ4n) is 4.09. The van der Waals surface area contributed by atoms with Crippen LogP contribution < -0.4 is 5.32 Å². The van der Waals surface area contributed by atoms with E-state index >= 15 is 0 Å². The number of fused-ring (bicyclic) bond motifs is 2. The van der Waals surface area contributed by atoms with Gasteiger partial charge in [0.15, 0.2) is 5.69 Å². The Morgan fingerprint density at radius 2 is 1.90 bits per heavy atom. The van der Waals surface area contributed by atoms with Gasteiger partial charge in [0.1, 0.15) is 11.6 Å². The number of H-pyrrole nitrogens is 1. The highest BCUT2D eigenvalue weighted by atomic mass is 19.1. The Hall–Kier alpha value is -3.48. The van der Waals surface area contributed by atoms with Crippen molar-refractivity contribution in [3.8, 4) is 5.69 Å². The second-order valence-corrected chi connectivity index (χ2v) is 7.70. The third kappa shape index (κ3) is 3.26. The van der Waals surface area contributed by atoms with Crippen LogP contribution >= 0.6 is 0 Å². The molecule has 2 aromatic heterocycles. The van der Waals surface area contributed by atoms with Gasteiger partial charge in [-0.1, -0.05) is 12.1 Å². The number of hydrogen-bond acceptors (Lipinski definition) is 3. The second kappa shape index (κ2) is 7.40. The Balaban J connectivity index is 1.45. The minimum Gasteiger partial charge on any atom is -0.341 e. The van der Waals surface area contributed by atoms with Gasteiger partial charge in [-0.3, -0.25) is 4.79 Å². The van der Waals surface area contributed by atoms with Crippen molar-refractivity contribution >= 4 is 16.9 Å². The molecule has 0 spiro atoms. The molecule has 5 rings (SSSR count). The third-order valence-electron chi connectivity index (χ3n) is 5.63. The van der Waals surface area contributed by atoms with Crippen molar-refractivity contribution in [1.82, 2.24) is 25.1 Å². The van der Waals surface area contributed by atoms with Crippen molar-refractivity contribution in [2.24, 2.45) is 0 Å². The number of halogens is 1. The first-order chi connectivity index (χ1) is 14.6. The van der Waals surface area contributed by atoms with Gasteiger partial charge in [-0.05, 0) is 69.0 Å². The number of hydrogen-bond donors (Lipinski definition) is 2. The van der Waals surface area contributed by atoms with E-state index in [1.807, 2.05) is 31.2 Å². The van der Waals surface area contributed by atoms with Crippen molar-refractivity contribution in [2.45, 2.75) is 38.6 Å². The third-order valence-corrected chi connectivity index (χ3v) is 5.63. The highest BCUT2D eigenvalue weighted by molar-refractivity contribution is 5.94. The van der Waals surface area contributed by atoms with E-state index in [9.17, 15) is 9.18 Å². The molecule has 0 radical (unpaired) electrons. The molecule has 0 saturated carbocycles. The molecule has 1 amide bonds. The Morgan fingerprint density at radius 1 is 1.13 bits per heavy atom. The summed E-state index contributed by atoms with van der Waals surface area (Å²) in [5.74, 6) is 0.191. The summed E-state index contributed by atoms with van der Waals surface area (Å²) in [5, 5.41) is 7.66. The molecule has 1 aliphatic rings. The minimum atomic E-state index is -0.294. The van der Waals surface area contributed by atoms with Gasteiger partial charge in [0.2, 0.25) is 0 Å². The zero-order valence-electron chi connectivity index (χ0n) is 16.7. The molecule has 0 unspecified atom stereocenters. The molecule has 1 aliphatic carbocycles. The average molecular weight is 403 g/mol. The highest BCUT2D eigenvalue weighted by Gasteiger charge is 2.27. The number of imidazole rings is 1. The maximum atomic E-state index is 13.4. The zero-order chi connectivity index (χ0) is 20.7. The number of rotatable bonds is 4. The van der Waals surface area contributed by atoms with Crippen molar-refractivity contribution in [1.29, 1.82) is 0 Å². The number of carbonyl (C=O) groups is 1. The smallest absolute Gasteiger partial charge is 0.272 e. The van der Waals surface area contributed by atoms with E-state index < -0.39 is 0 Å². The van der Waals surface area contributed by atoms with Crippen LogP contribution in [0.15, 0.2) is 48.5 Å². The Kier molecular flexibility index (Phi) is 4.58. The first-order valence-corrected chi connectivity index (χ1v) is 10.2. The molecule has 0 aliphatic heterocycles. The molecule has 2 N–H and O–H groups in total. The lowest BCUT2D eigenvalue weighted by molar-refractivity contribution is 0.0932. The van der Waals surface area contributed by atoms with Gasteiger partial charge in [-0.25, -0.2) is 14.1 Å². The van der Waals surface area contributed by atoms with Gasteiger partial charge < -0.3 is 10.3 Å². The van der Waals surface area contributed by atoms with Crippen LogP contribution in [-0.4, -0.2) is 25.7 Å². The monoisotopic (exact) mass is 403 g/mol. The summed E-state index contributed by atoms with van der Waals surface area (Å²) < 4.78 is 15.1. The predicted molar refractivity (Wildman–Crippen MR) is 112 cm³/mol. The van der Waals surface area contributed by atoms with E-state index in [0.717, 1.165) is 53.7 Å². The number of aromatic nitrogens is 4. The van der Waals surface area contributed by atoms with E-state index in [4.69, 9.17) is 0 Å². The molecule has 0 saturated heterocycles. The van der Waals surface area contributed by atoms with Crippen molar-refractivity contribution in [2.75, 3.05) is 0 Å². The van der Waals surface area contributed by atoms with Crippen LogP contribution in [0.5, 0.6) is 0 Å². The van der Waals surface area contributed by atoms with Gasteiger partial charge in [-0.2, -0.15) is 5.10 Å². The molecule has 30 heavy (non-hydrogen) atoms. The number of benzene rings is 2. The zero-order valence-corrected chi connectivity index (χ0v) is 16.7. The number of nitrogens with zero attached hydrogens (tertiary/aromatic N) is 3. The van der Waals surface area contributed by atoms with E-state index in [2.05, 4.69) is 20.4 Å². The SMILES string of the molecule is C[C@H](NC(=O)c1nn(-c2ccc(F)cc2)c2c1CCCC2)c1nc2ccccc2[nH]1. The van der Waals surface area contributed by atoms with Crippen LogP contribution in [0.25, 0.3) is 16.7 Å². The number of aromatic amines is 1. The number of nitrogens with one attached hydrogen (secondary N) is 2. The predicted octanol–water partition coefficient (Wildman–Crippen LogP) is 4.26. The van der Waals surface area contributed by atoms with E-state index in [-0.39, 0.29) is 17.8 Å². The van der Waals surface area contributed by atoms with Crippen LogP contribution in [0.1, 0.15) is 53.4 Å². The summed E-state index contributed by atoms with van der Waals surface area (Å²) in [6.07, 6.45) is 3.75. The van der Waals surface area contributed by atoms with Gasteiger partial charge >= 0.3 is 0 Å². The number of para-hydroxylation sites is 2. The lowest BCUT2D eigenvalue weighted by Crippen LogP contribution is -2.28. The fourth-order valence-corrected chi connectivity index (χ4v) is 4.09. The second-order valence-electron chi connectivity index (χ2n) is 7.70. The molecule has 0 bridgehead atoms. The summed E-state index contributed by atoms with van der Waals surface area (Å²) in [7, 11) is 0. The molecule has 0 fully saturated rings. The molecular formula is C23H22FN5O. The molecule has 7 heteroatoms. The van der Waals surface area contributed by atoms with Crippen LogP contribution in [-0.2, 0) is 12.8 Å². The van der Waals surface area contributed by atoms with E-state index in [1.165, 1.54) is 12.1 Å². The van der Waals surface area contributed by atoms with Crippen molar-refractivity contribution < 1.29 is 9.18 Å². The molecule has 1 atom stereocenters. The average Bonchev–Trinajstić information content (AvgIpc) is 3.36. The summed E-state index contributed by atoms with van der Waals surface area (Å²) >= 11 is 0. The Labute approximate surface area is 173 Å². The van der Waals surface area contributed by atoms with Crippen LogP contribution in [0.2, 0.25) is 0 Å². The van der Waals surface area contributed by atoms with Gasteiger partial charge in [0.05, 0.1) is 22.8 Å². The Morgan fingerprint density at radius 3 is 2.70 bits per heavy atom. The van der Waals surface area contributed by atoms with Crippen LogP contribution in [0, 0.1) is 5.82 Å². The normalized spacial score (nSPS) is 14.5. The van der Waals surface area contributed by atoms with Gasteiger partial charge in [-0.15, -0.1) is 0 Å². The quantitative estimate of drug-likeness (QED) is 0.535. The first kappa shape index (κ1) is 18.5. The maximum Gasteiger partial charge on any atom is 0.272 e. The molecular weight excluding hydrogens is 381 g/mol. The van der Waals surface area contributed by atoms with Crippen LogP contribution in [0.3, 0.4) is 0 Å². The summed E-state index contributed by atoms with van der Waals surface area (Å²) in [6, 6.07) is 13.7. The molecule has 152 valence electrons. The first-order valence-electron chi connectivity index (χ1n) is 10.2. The molecule has 4 aromatic rings. The maximum absolute atomic E-state index is 13.4.